The van der Waals surface area contributed by atoms with E-state index in [-0.39, 0.29) is 40.1 Å². The summed E-state index contributed by atoms with van der Waals surface area (Å²) in [4.78, 5) is 32.7. The van der Waals surface area contributed by atoms with E-state index in [4.69, 9.17) is 15.2 Å². The van der Waals surface area contributed by atoms with Gasteiger partial charge in [-0.3, -0.25) is 19.6 Å². The van der Waals surface area contributed by atoms with Crippen molar-refractivity contribution in [2.45, 2.75) is 25.6 Å². The molecule has 1 unspecified atom stereocenters. The molecule has 0 spiro atoms. The summed E-state index contributed by atoms with van der Waals surface area (Å²) >= 11 is 0. The first-order valence-corrected chi connectivity index (χ1v) is 10.7. The van der Waals surface area contributed by atoms with Gasteiger partial charge in [0.05, 0.1) is 7.11 Å². The van der Waals surface area contributed by atoms with Crippen molar-refractivity contribution < 1.29 is 37.0 Å². The lowest BCUT2D eigenvalue weighted by molar-refractivity contribution is -0.274. The maximum Gasteiger partial charge on any atom is 0.573 e. The van der Waals surface area contributed by atoms with Gasteiger partial charge < -0.3 is 25.3 Å². The molecule has 1 fully saturated rings. The standard InChI is InChI=1S/C24H21F3N4O5/c1-12-7-15(12)17-10-20(35-19-4-3-14(9-21(19)34-2)36-24(25,26)27)16(11-30-17)23(33)31-13-5-6-29-18(8-13)22(28)32/h3-6,8-12,15H,7H2,1-2H3,(H2,28,32)(H,29,31,33)/t12-,15?/m0/s1. The van der Waals surface area contributed by atoms with Gasteiger partial charge in [-0.05, 0) is 36.6 Å². The number of primary amides is 1. The minimum Gasteiger partial charge on any atom is -0.493 e. The fraction of sp³-hybridized carbons (Fsp3) is 0.250. The van der Waals surface area contributed by atoms with Crippen LogP contribution < -0.4 is 25.3 Å². The molecule has 0 radical (unpaired) electrons. The molecule has 1 aliphatic carbocycles. The van der Waals surface area contributed by atoms with Crippen molar-refractivity contribution in [1.82, 2.24) is 9.97 Å². The summed E-state index contributed by atoms with van der Waals surface area (Å²) in [5.41, 5.74) is 6.23. The zero-order valence-electron chi connectivity index (χ0n) is 19.1. The molecular weight excluding hydrogens is 481 g/mol. The second-order valence-corrected chi connectivity index (χ2v) is 8.14. The zero-order chi connectivity index (χ0) is 26.0. The number of pyridine rings is 2. The number of amides is 2. The molecule has 4 rings (SSSR count). The Labute approximate surface area is 203 Å². The average Bonchev–Trinajstić information content (AvgIpc) is 3.55. The number of halogens is 3. The van der Waals surface area contributed by atoms with Crippen LogP contribution in [-0.4, -0.2) is 35.3 Å². The highest BCUT2D eigenvalue weighted by Crippen LogP contribution is 2.47. The third kappa shape index (κ3) is 5.82. The Balaban J connectivity index is 1.66. The number of nitrogens with two attached hydrogens (primary N) is 1. The van der Waals surface area contributed by atoms with Crippen molar-refractivity contribution in [3.05, 3.63) is 65.7 Å². The highest BCUT2D eigenvalue weighted by atomic mass is 19.4. The van der Waals surface area contributed by atoms with E-state index in [1.165, 1.54) is 37.7 Å². The Morgan fingerprint density at radius 2 is 1.83 bits per heavy atom. The van der Waals surface area contributed by atoms with Crippen molar-refractivity contribution in [3.63, 3.8) is 0 Å². The number of hydrogen-bond donors (Lipinski definition) is 2. The van der Waals surface area contributed by atoms with Gasteiger partial charge in [0.2, 0.25) is 0 Å². The van der Waals surface area contributed by atoms with Gasteiger partial charge >= 0.3 is 6.36 Å². The number of alkyl halides is 3. The number of methoxy groups -OCH3 is 1. The highest BCUT2D eigenvalue weighted by Gasteiger charge is 2.36. The zero-order valence-corrected chi connectivity index (χ0v) is 19.1. The van der Waals surface area contributed by atoms with Crippen molar-refractivity contribution in [2.75, 3.05) is 12.4 Å². The molecule has 3 aromatic rings. The molecule has 0 bridgehead atoms. The average molecular weight is 502 g/mol. The van der Waals surface area contributed by atoms with E-state index in [0.717, 1.165) is 18.6 Å². The molecule has 3 N–H and O–H groups in total. The van der Waals surface area contributed by atoms with Crippen LogP contribution in [0.1, 0.15) is 45.8 Å². The number of nitrogens with zero attached hydrogens (tertiary/aromatic N) is 2. The lowest BCUT2D eigenvalue weighted by atomic mass is 10.1. The van der Waals surface area contributed by atoms with E-state index in [1.807, 2.05) is 0 Å². The van der Waals surface area contributed by atoms with E-state index < -0.39 is 23.9 Å². The summed E-state index contributed by atoms with van der Waals surface area (Å²) in [6, 6.07) is 7.74. The second-order valence-electron chi connectivity index (χ2n) is 8.14. The monoisotopic (exact) mass is 502 g/mol. The first kappa shape index (κ1) is 24.8. The maximum absolute atomic E-state index is 13.1. The molecule has 12 heteroatoms. The van der Waals surface area contributed by atoms with E-state index in [0.29, 0.717) is 11.6 Å². The van der Waals surface area contributed by atoms with Crippen LogP contribution in [-0.2, 0) is 0 Å². The van der Waals surface area contributed by atoms with Crippen LogP contribution in [0.2, 0.25) is 0 Å². The van der Waals surface area contributed by atoms with E-state index in [2.05, 4.69) is 26.9 Å². The van der Waals surface area contributed by atoms with Crippen LogP contribution in [0.25, 0.3) is 0 Å². The summed E-state index contributed by atoms with van der Waals surface area (Å²) in [7, 11) is 1.26. The van der Waals surface area contributed by atoms with Gasteiger partial charge in [-0.25, -0.2) is 0 Å². The number of ether oxygens (including phenoxy) is 3. The number of benzene rings is 1. The van der Waals surface area contributed by atoms with Crippen LogP contribution in [0, 0.1) is 5.92 Å². The number of hydrogen-bond acceptors (Lipinski definition) is 7. The third-order valence-corrected chi connectivity index (χ3v) is 5.48. The van der Waals surface area contributed by atoms with Crippen molar-refractivity contribution >= 4 is 17.5 Å². The van der Waals surface area contributed by atoms with Crippen molar-refractivity contribution in [2.24, 2.45) is 11.7 Å². The summed E-state index contributed by atoms with van der Waals surface area (Å²) in [5.74, 6) is -1.10. The molecule has 0 saturated heterocycles. The minimum absolute atomic E-state index is 0.0358. The van der Waals surface area contributed by atoms with Crippen molar-refractivity contribution in [3.8, 4) is 23.0 Å². The molecule has 36 heavy (non-hydrogen) atoms. The predicted octanol–water partition coefficient (Wildman–Crippen LogP) is 4.65. The molecule has 0 aliphatic heterocycles. The van der Waals surface area contributed by atoms with Crippen LogP contribution in [0.3, 0.4) is 0 Å². The fourth-order valence-corrected chi connectivity index (χ4v) is 3.53. The normalized spacial score (nSPS) is 16.7. The van der Waals surface area contributed by atoms with Crippen LogP contribution in [0.4, 0.5) is 18.9 Å². The van der Waals surface area contributed by atoms with Gasteiger partial charge in [-0.15, -0.1) is 13.2 Å². The molecule has 2 atom stereocenters. The summed E-state index contributed by atoms with van der Waals surface area (Å²) < 4.78 is 52.8. The Kier molecular flexibility index (Phi) is 6.69. The molecular formula is C24H21F3N4O5. The predicted molar refractivity (Wildman–Crippen MR) is 121 cm³/mol. The SMILES string of the molecule is COc1cc(OC(F)(F)F)ccc1Oc1cc(C2C[C@@H]2C)ncc1C(=O)Nc1ccnc(C(N)=O)c1. The number of carbonyl (C=O) groups is 2. The second kappa shape index (κ2) is 9.72. The highest BCUT2D eigenvalue weighted by molar-refractivity contribution is 6.06. The molecule has 1 aliphatic rings. The van der Waals surface area contributed by atoms with Crippen LogP contribution in [0.5, 0.6) is 23.0 Å². The lowest BCUT2D eigenvalue weighted by Crippen LogP contribution is -2.17. The minimum atomic E-state index is -4.87. The number of carbonyl (C=O) groups excluding carboxylic acids is 2. The number of rotatable bonds is 8. The van der Waals surface area contributed by atoms with Gasteiger partial charge in [-0.2, -0.15) is 0 Å². The first-order chi connectivity index (χ1) is 17.0. The van der Waals surface area contributed by atoms with E-state index >= 15 is 0 Å². The molecule has 2 heterocycles. The van der Waals surface area contributed by atoms with Crippen LogP contribution >= 0.6 is 0 Å². The maximum atomic E-state index is 13.1. The van der Waals surface area contributed by atoms with Gasteiger partial charge in [0.25, 0.3) is 11.8 Å². The van der Waals surface area contributed by atoms with Gasteiger partial charge in [0.1, 0.15) is 22.8 Å². The Morgan fingerprint density at radius 3 is 2.47 bits per heavy atom. The summed E-state index contributed by atoms with van der Waals surface area (Å²) in [5, 5.41) is 2.63. The lowest BCUT2D eigenvalue weighted by Gasteiger charge is -2.16. The molecule has 2 aromatic heterocycles. The van der Waals surface area contributed by atoms with Gasteiger partial charge in [0, 0.05) is 41.8 Å². The molecule has 2 amide bonds. The Hall–Kier alpha value is -4.35. The van der Waals surface area contributed by atoms with E-state index in [9.17, 15) is 22.8 Å². The largest absolute Gasteiger partial charge is 0.573 e. The Morgan fingerprint density at radius 1 is 1.08 bits per heavy atom. The van der Waals surface area contributed by atoms with Gasteiger partial charge in [0.15, 0.2) is 11.5 Å². The summed E-state index contributed by atoms with van der Waals surface area (Å²) in [6.45, 7) is 2.07. The Bertz CT molecular complexity index is 1320. The molecule has 1 saturated carbocycles. The fourth-order valence-electron chi connectivity index (χ4n) is 3.53. The number of aromatic nitrogens is 2. The van der Waals surface area contributed by atoms with E-state index in [1.54, 1.807) is 6.07 Å². The smallest absolute Gasteiger partial charge is 0.493 e. The van der Waals surface area contributed by atoms with Crippen molar-refractivity contribution in [1.29, 1.82) is 0 Å². The summed E-state index contributed by atoms with van der Waals surface area (Å²) in [6.07, 6.45) is -1.27. The molecule has 1 aromatic carbocycles. The molecule has 188 valence electrons. The van der Waals surface area contributed by atoms with Gasteiger partial charge in [-0.1, -0.05) is 6.92 Å². The third-order valence-electron chi connectivity index (χ3n) is 5.48. The first-order valence-electron chi connectivity index (χ1n) is 10.7. The molecule has 9 nitrogen and oxygen atoms in total. The quantitative estimate of drug-likeness (QED) is 0.459. The van der Waals surface area contributed by atoms with Crippen LogP contribution in [0.15, 0.2) is 48.8 Å². The number of anilines is 1. The topological polar surface area (TPSA) is 126 Å². The number of nitrogens with one attached hydrogen (secondary N) is 1.